The van der Waals surface area contributed by atoms with Gasteiger partial charge in [0.25, 0.3) is 0 Å². The molecule has 2 fully saturated rings. The van der Waals surface area contributed by atoms with Gasteiger partial charge in [-0.25, -0.2) is 0 Å². The Morgan fingerprint density at radius 1 is 0.870 bits per heavy atom. The largest absolute Gasteiger partial charge is 0.379 e. The van der Waals surface area contributed by atoms with E-state index in [-0.39, 0.29) is 6.04 Å². The van der Waals surface area contributed by atoms with Crippen molar-refractivity contribution >= 4 is 23.2 Å². The van der Waals surface area contributed by atoms with Crippen LogP contribution in [0.25, 0.3) is 0 Å². The molecule has 2 bridgehead atoms. The summed E-state index contributed by atoms with van der Waals surface area (Å²) in [5, 5.41) is 16.8. The Morgan fingerprint density at radius 2 is 1.39 bits per heavy atom. The van der Waals surface area contributed by atoms with E-state index in [1.54, 1.807) is 0 Å². The lowest BCUT2D eigenvalue weighted by Gasteiger charge is -2.40. The summed E-state index contributed by atoms with van der Waals surface area (Å²) in [6.07, 6.45) is 3.53. The van der Waals surface area contributed by atoms with Crippen LogP contribution in [0.2, 0.25) is 10.0 Å². The van der Waals surface area contributed by atoms with Crippen molar-refractivity contribution in [3.05, 3.63) is 69.7 Å². The van der Waals surface area contributed by atoms with Crippen LogP contribution in [0.3, 0.4) is 0 Å². The van der Waals surface area contributed by atoms with Crippen molar-refractivity contribution in [1.29, 1.82) is 0 Å². The van der Waals surface area contributed by atoms with E-state index in [0.717, 1.165) is 17.5 Å². The van der Waals surface area contributed by atoms with Gasteiger partial charge in [-0.05, 0) is 60.6 Å². The predicted molar refractivity (Wildman–Crippen MR) is 94.0 cm³/mol. The van der Waals surface area contributed by atoms with Gasteiger partial charge in [0.2, 0.25) is 0 Å². The van der Waals surface area contributed by atoms with E-state index >= 15 is 0 Å². The minimum atomic E-state index is -1.07. The fourth-order valence-corrected chi connectivity index (χ4v) is 4.51. The van der Waals surface area contributed by atoms with Crippen molar-refractivity contribution < 1.29 is 5.11 Å². The first-order valence-corrected chi connectivity index (χ1v) is 8.83. The monoisotopic (exact) mass is 347 g/mol. The van der Waals surface area contributed by atoms with Crippen molar-refractivity contribution in [3.8, 4) is 0 Å². The molecule has 1 aliphatic carbocycles. The molecule has 2 nitrogen and oxygen atoms in total. The highest BCUT2D eigenvalue weighted by Crippen LogP contribution is 2.46. The summed E-state index contributed by atoms with van der Waals surface area (Å²) in [6.45, 7) is 0. The minimum Gasteiger partial charge on any atom is -0.379 e. The molecule has 0 spiro atoms. The minimum absolute atomic E-state index is 0.0172. The van der Waals surface area contributed by atoms with Crippen molar-refractivity contribution in [3.63, 3.8) is 0 Å². The Balaban J connectivity index is 1.82. The molecule has 2 N–H and O–H groups in total. The second-order valence-corrected chi connectivity index (χ2v) is 7.57. The number of fused-ring (bicyclic) bond motifs is 2. The third-order valence-electron chi connectivity index (χ3n) is 5.38. The van der Waals surface area contributed by atoms with E-state index in [4.69, 9.17) is 23.2 Å². The van der Waals surface area contributed by atoms with Crippen molar-refractivity contribution in [2.45, 2.75) is 36.9 Å². The SMILES string of the molecule is OC(c1ccc(Cl)cc1)(c1ccc(Cl)cc1)[C@@H]1N[C@H]2CC[C@@H]1C2. The van der Waals surface area contributed by atoms with Gasteiger partial charge in [-0.15, -0.1) is 0 Å². The maximum atomic E-state index is 11.8. The highest BCUT2D eigenvalue weighted by Gasteiger charge is 2.51. The third kappa shape index (κ3) is 2.58. The zero-order valence-electron chi connectivity index (χ0n) is 12.7. The van der Waals surface area contributed by atoms with Gasteiger partial charge in [-0.1, -0.05) is 47.5 Å². The zero-order chi connectivity index (χ0) is 16.0. The molecule has 4 heteroatoms. The van der Waals surface area contributed by atoms with Gasteiger partial charge in [0.15, 0.2) is 0 Å². The highest BCUT2D eigenvalue weighted by molar-refractivity contribution is 6.30. The van der Waals surface area contributed by atoms with E-state index in [0.29, 0.717) is 22.0 Å². The smallest absolute Gasteiger partial charge is 0.130 e. The lowest BCUT2D eigenvalue weighted by molar-refractivity contribution is 0.0202. The van der Waals surface area contributed by atoms with E-state index in [1.165, 1.54) is 12.8 Å². The summed E-state index contributed by atoms with van der Waals surface area (Å²) in [5.41, 5.74) is 0.665. The van der Waals surface area contributed by atoms with E-state index < -0.39 is 5.60 Å². The summed E-state index contributed by atoms with van der Waals surface area (Å²) in [5.74, 6) is 0.497. The van der Waals surface area contributed by atoms with Gasteiger partial charge in [0.05, 0.1) is 0 Å². The van der Waals surface area contributed by atoms with E-state index in [2.05, 4.69) is 5.32 Å². The Bertz CT molecular complexity index is 653. The van der Waals surface area contributed by atoms with Gasteiger partial charge in [0.1, 0.15) is 5.60 Å². The van der Waals surface area contributed by atoms with Crippen molar-refractivity contribution in [1.82, 2.24) is 5.32 Å². The van der Waals surface area contributed by atoms with Crippen molar-refractivity contribution in [2.75, 3.05) is 0 Å². The van der Waals surface area contributed by atoms with Gasteiger partial charge in [-0.3, -0.25) is 0 Å². The average molecular weight is 348 g/mol. The van der Waals surface area contributed by atoms with Crippen LogP contribution in [0.15, 0.2) is 48.5 Å². The van der Waals surface area contributed by atoms with Gasteiger partial charge < -0.3 is 10.4 Å². The van der Waals surface area contributed by atoms with Gasteiger partial charge in [-0.2, -0.15) is 0 Å². The lowest BCUT2D eigenvalue weighted by Crippen LogP contribution is -2.52. The first-order chi connectivity index (χ1) is 11.1. The summed E-state index contributed by atoms with van der Waals surface area (Å²) >= 11 is 12.1. The normalized spacial score (nSPS) is 26.7. The average Bonchev–Trinajstić information content (AvgIpc) is 3.19. The number of hydrogen-bond acceptors (Lipinski definition) is 2. The standard InChI is InChI=1S/C19H19Cl2NO/c20-15-6-2-13(3-7-15)19(23,14-4-8-16(21)9-5-14)18-12-1-10-17(11-12)22-18/h2-9,12,17-18,22-23H,1,10-11H2/t12-,17+,18-/m1/s1. The van der Waals surface area contributed by atoms with Crippen LogP contribution in [0, 0.1) is 5.92 Å². The van der Waals surface area contributed by atoms with Crippen LogP contribution < -0.4 is 5.32 Å². The molecule has 2 aromatic rings. The van der Waals surface area contributed by atoms with Crippen LogP contribution in [0.1, 0.15) is 30.4 Å². The molecular formula is C19H19Cl2NO. The number of hydrogen-bond donors (Lipinski definition) is 2. The van der Waals surface area contributed by atoms with Crippen LogP contribution in [0.5, 0.6) is 0 Å². The number of piperidine rings is 1. The molecule has 0 amide bonds. The van der Waals surface area contributed by atoms with Gasteiger partial charge >= 0.3 is 0 Å². The maximum absolute atomic E-state index is 11.8. The van der Waals surface area contributed by atoms with Crippen molar-refractivity contribution in [2.24, 2.45) is 5.92 Å². The summed E-state index contributed by atoms with van der Waals surface area (Å²) in [6, 6.07) is 15.6. The Morgan fingerprint density at radius 3 is 1.78 bits per heavy atom. The fourth-order valence-electron chi connectivity index (χ4n) is 4.26. The predicted octanol–water partition coefficient (Wildman–Crippen LogP) is 4.37. The second kappa shape index (κ2) is 5.78. The summed E-state index contributed by atoms with van der Waals surface area (Å²) < 4.78 is 0. The van der Waals surface area contributed by atoms with Crippen LogP contribution in [0.4, 0.5) is 0 Å². The molecule has 2 aliphatic rings. The Kier molecular flexibility index (Phi) is 3.89. The summed E-state index contributed by atoms with van der Waals surface area (Å²) in [7, 11) is 0. The molecule has 0 radical (unpaired) electrons. The molecule has 120 valence electrons. The lowest BCUT2D eigenvalue weighted by atomic mass is 9.75. The summed E-state index contributed by atoms with van der Waals surface area (Å²) in [4.78, 5) is 0. The number of benzene rings is 2. The van der Waals surface area contributed by atoms with Crippen LogP contribution in [-0.4, -0.2) is 17.2 Å². The van der Waals surface area contributed by atoms with Gasteiger partial charge in [0, 0.05) is 22.1 Å². The molecule has 1 saturated heterocycles. The maximum Gasteiger partial charge on any atom is 0.130 e. The molecule has 1 aliphatic heterocycles. The molecule has 0 aromatic heterocycles. The Labute approximate surface area is 146 Å². The number of halogens is 2. The molecule has 2 aromatic carbocycles. The number of nitrogens with one attached hydrogen (secondary N) is 1. The molecule has 1 saturated carbocycles. The molecular weight excluding hydrogens is 329 g/mol. The molecule has 23 heavy (non-hydrogen) atoms. The topological polar surface area (TPSA) is 32.3 Å². The Hall–Kier alpha value is -1.06. The zero-order valence-corrected chi connectivity index (χ0v) is 14.2. The highest BCUT2D eigenvalue weighted by atomic mass is 35.5. The molecule has 3 atom stereocenters. The first-order valence-electron chi connectivity index (χ1n) is 8.08. The van der Waals surface area contributed by atoms with E-state index in [9.17, 15) is 5.11 Å². The first kappa shape index (κ1) is 15.5. The third-order valence-corrected chi connectivity index (χ3v) is 5.88. The molecule has 0 unspecified atom stereocenters. The second-order valence-electron chi connectivity index (χ2n) is 6.69. The van der Waals surface area contributed by atoms with Crippen LogP contribution in [-0.2, 0) is 5.60 Å². The molecule has 1 heterocycles. The van der Waals surface area contributed by atoms with Crippen LogP contribution >= 0.6 is 23.2 Å². The number of rotatable bonds is 3. The molecule has 4 rings (SSSR count). The number of aliphatic hydroxyl groups is 1. The quantitative estimate of drug-likeness (QED) is 0.863. The van der Waals surface area contributed by atoms with E-state index in [1.807, 2.05) is 48.5 Å². The fraction of sp³-hybridized carbons (Fsp3) is 0.368.